The molecular weight excluding hydrogens is 342 g/mol. The Morgan fingerprint density at radius 3 is 2.77 bits per heavy atom. The molecule has 0 spiro atoms. The summed E-state index contributed by atoms with van der Waals surface area (Å²) in [5.74, 6) is -0.105. The quantitative estimate of drug-likeness (QED) is 0.673. The first-order valence-corrected chi connectivity index (χ1v) is 9.24. The molecule has 130 valence electrons. The van der Waals surface area contributed by atoms with Crippen LogP contribution in [0.4, 0.5) is 5.69 Å². The molecule has 0 radical (unpaired) electrons. The fraction of sp³-hybridized carbons (Fsp3) is 0.143. The second kappa shape index (κ2) is 6.50. The summed E-state index contributed by atoms with van der Waals surface area (Å²) in [7, 11) is 2.01. The minimum absolute atomic E-state index is 0.105. The van der Waals surface area contributed by atoms with Crippen LogP contribution >= 0.6 is 11.8 Å². The van der Waals surface area contributed by atoms with E-state index >= 15 is 0 Å². The lowest BCUT2D eigenvalue weighted by molar-refractivity contribution is -0.115. The fourth-order valence-electron chi connectivity index (χ4n) is 3.08. The van der Waals surface area contributed by atoms with E-state index < -0.39 is 0 Å². The van der Waals surface area contributed by atoms with E-state index in [4.69, 9.17) is 0 Å². The highest BCUT2D eigenvalue weighted by atomic mass is 32.2. The zero-order valence-corrected chi connectivity index (χ0v) is 15.7. The number of thioether (sulfide) groups is 1. The van der Waals surface area contributed by atoms with Gasteiger partial charge in [0.05, 0.1) is 10.6 Å². The maximum atomic E-state index is 12.4. The van der Waals surface area contributed by atoms with Gasteiger partial charge in [-0.15, -0.1) is 0 Å². The number of hydrogen-bond donors (Lipinski definition) is 1. The molecule has 2 heterocycles. The number of carbonyl (C=O) groups excluding carboxylic acids is 1. The van der Waals surface area contributed by atoms with E-state index in [9.17, 15) is 4.79 Å². The Hall–Kier alpha value is -2.79. The molecule has 0 bridgehead atoms. The molecule has 4 rings (SSSR count). The van der Waals surface area contributed by atoms with Crippen molar-refractivity contribution >= 4 is 45.5 Å². The summed E-state index contributed by atoms with van der Waals surface area (Å²) in [5.41, 5.74) is 5.38. The number of benzene rings is 2. The molecule has 5 heteroatoms. The molecule has 1 amide bonds. The number of amides is 1. The van der Waals surface area contributed by atoms with Gasteiger partial charge in [-0.2, -0.15) is 0 Å². The van der Waals surface area contributed by atoms with Crippen LogP contribution in [-0.2, 0) is 11.8 Å². The van der Waals surface area contributed by atoms with Crippen LogP contribution in [0.3, 0.4) is 0 Å². The van der Waals surface area contributed by atoms with Crippen molar-refractivity contribution in [2.45, 2.75) is 13.8 Å². The molecule has 0 saturated carbocycles. The van der Waals surface area contributed by atoms with E-state index in [1.54, 1.807) is 0 Å². The molecule has 1 aromatic heterocycles. The Kier molecular flexibility index (Phi) is 4.17. The fourth-order valence-corrected chi connectivity index (χ4v) is 3.90. The molecule has 3 aromatic rings. The number of fused-ring (bicyclic) bond motifs is 1. The third-order valence-corrected chi connectivity index (χ3v) is 5.57. The summed E-state index contributed by atoms with van der Waals surface area (Å²) in [6, 6.07) is 14.2. The Morgan fingerprint density at radius 1 is 1.12 bits per heavy atom. The molecule has 2 aromatic carbocycles. The first-order valence-electron chi connectivity index (χ1n) is 8.43. The summed E-state index contributed by atoms with van der Waals surface area (Å²) in [5, 5.41) is 4.63. The van der Waals surface area contributed by atoms with Crippen molar-refractivity contribution in [1.82, 2.24) is 9.88 Å². The van der Waals surface area contributed by atoms with Crippen molar-refractivity contribution in [2.24, 2.45) is 12.0 Å². The molecule has 26 heavy (non-hydrogen) atoms. The third-order valence-electron chi connectivity index (χ3n) is 4.66. The highest BCUT2D eigenvalue weighted by Crippen LogP contribution is 2.31. The highest BCUT2D eigenvalue weighted by molar-refractivity contribution is 8.18. The molecule has 0 atom stereocenters. The summed E-state index contributed by atoms with van der Waals surface area (Å²) >= 11 is 1.38. The Balaban J connectivity index is 1.69. The number of hydrogen-bond acceptors (Lipinski definition) is 3. The van der Waals surface area contributed by atoms with E-state index in [2.05, 4.69) is 40.0 Å². The van der Waals surface area contributed by atoms with Crippen molar-refractivity contribution in [2.75, 3.05) is 0 Å². The minimum atomic E-state index is -0.105. The van der Waals surface area contributed by atoms with Crippen molar-refractivity contribution in [3.8, 4) is 0 Å². The molecule has 0 unspecified atom stereocenters. The predicted molar refractivity (Wildman–Crippen MR) is 110 cm³/mol. The van der Waals surface area contributed by atoms with Crippen LogP contribution in [0.2, 0.25) is 0 Å². The van der Waals surface area contributed by atoms with Gasteiger partial charge < -0.3 is 9.88 Å². The van der Waals surface area contributed by atoms with Crippen LogP contribution in [0.1, 0.15) is 16.7 Å². The standard InChI is InChI=1S/C21H19N3OS/c1-13-7-6-9-17(14(13)2)22-21-23-20(25)19(26-21)11-15-12-24(3)18-10-5-4-8-16(15)18/h4-12H,1-3H3,(H,22,23,25). The van der Waals surface area contributed by atoms with E-state index in [1.165, 1.54) is 17.3 Å². The Bertz CT molecular complexity index is 1090. The zero-order valence-electron chi connectivity index (χ0n) is 14.9. The molecule has 1 N–H and O–H groups in total. The Labute approximate surface area is 156 Å². The smallest absolute Gasteiger partial charge is 0.264 e. The largest absolute Gasteiger partial charge is 0.350 e. The molecule has 4 nitrogen and oxygen atoms in total. The summed E-state index contributed by atoms with van der Waals surface area (Å²) in [6.07, 6.45) is 3.99. The van der Waals surface area contributed by atoms with Gasteiger partial charge in [-0.25, -0.2) is 4.99 Å². The number of carbonyl (C=O) groups is 1. The molecule has 0 aliphatic carbocycles. The molecule has 1 aliphatic rings. The summed E-state index contributed by atoms with van der Waals surface area (Å²) in [6.45, 7) is 4.11. The van der Waals surface area contributed by atoms with Gasteiger partial charge in [-0.3, -0.25) is 4.79 Å². The number of nitrogens with one attached hydrogen (secondary N) is 1. The van der Waals surface area contributed by atoms with Crippen LogP contribution in [0, 0.1) is 13.8 Å². The first kappa shape index (κ1) is 16.7. The lowest BCUT2D eigenvalue weighted by atomic mass is 10.1. The lowest BCUT2D eigenvalue weighted by Gasteiger charge is -2.04. The van der Waals surface area contributed by atoms with Crippen molar-refractivity contribution in [1.29, 1.82) is 0 Å². The van der Waals surface area contributed by atoms with Gasteiger partial charge in [0, 0.05) is 29.7 Å². The lowest BCUT2D eigenvalue weighted by Crippen LogP contribution is -2.19. The summed E-state index contributed by atoms with van der Waals surface area (Å²) < 4.78 is 2.07. The van der Waals surface area contributed by atoms with Crippen LogP contribution in [-0.4, -0.2) is 15.6 Å². The van der Waals surface area contributed by atoms with Crippen LogP contribution in [0.15, 0.2) is 58.6 Å². The predicted octanol–water partition coefficient (Wildman–Crippen LogP) is 4.69. The highest BCUT2D eigenvalue weighted by Gasteiger charge is 2.24. The van der Waals surface area contributed by atoms with Gasteiger partial charge in [0.1, 0.15) is 0 Å². The van der Waals surface area contributed by atoms with Crippen LogP contribution in [0.5, 0.6) is 0 Å². The molecule has 1 saturated heterocycles. The van der Waals surface area contributed by atoms with E-state index in [1.807, 2.05) is 50.5 Å². The molecular formula is C21H19N3OS. The topological polar surface area (TPSA) is 46.4 Å². The van der Waals surface area contributed by atoms with Gasteiger partial charge in [-0.05, 0) is 54.9 Å². The zero-order chi connectivity index (χ0) is 18.3. The SMILES string of the molecule is Cc1cccc(N=C2NC(=O)C(=Cc3cn(C)c4ccccc34)S2)c1C. The number of rotatable bonds is 2. The average molecular weight is 361 g/mol. The number of aromatic nitrogens is 1. The van der Waals surface area contributed by atoms with Gasteiger partial charge in [-0.1, -0.05) is 30.3 Å². The van der Waals surface area contributed by atoms with Gasteiger partial charge in [0.25, 0.3) is 5.91 Å². The molecule has 1 aliphatic heterocycles. The van der Waals surface area contributed by atoms with Crippen LogP contribution < -0.4 is 5.32 Å². The summed E-state index contributed by atoms with van der Waals surface area (Å²) in [4.78, 5) is 17.7. The second-order valence-corrected chi connectivity index (χ2v) is 7.44. The Morgan fingerprint density at radius 2 is 1.92 bits per heavy atom. The normalized spacial score (nSPS) is 17.4. The number of amidine groups is 1. The third kappa shape index (κ3) is 2.95. The number of aliphatic imine (C=N–C) groups is 1. The number of nitrogens with zero attached hydrogens (tertiary/aromatic N) is 2. The minimum Gasteiger partial charge on any atom is -0.350 e. The first-order chi connectivity index (χ1) is 12.5. The number of aryl methyl sites for hydroxylation is 2. The van der Waals surface area contributed by atoms with E-state index in [0.29, 0.717) is 10.1 Å². The van der Waals surface area contributed by atoms with E-state index in [0.717, 1.165) is 27.7 Å². The van der Waals surface area contributed by atoms with Gasteiger partial charge in [0.2, 0.25) is 0 Å². The van der Waals surface area contributed by atoms with E-state index in [-0.39, 0.29) is 5.91 Å². The molecule has 1 fully saturated rings. The monoisotopic (exact) mass is 361 g/mol. The van der Waals surface area contributed by atoms with Crippen molar-refractivity contribution in [3.63, 3.8) is 0 Å². The maximum Gasteiger partial charge on any atom is 0.264 e. The van der Waals surface area contributed by atoms with Gasteiger partial charge >= 0.3 is 0 Å². The number of para-hydroxylation sites is 1. The van der Waals surface area contributed by atoms with Crippen molar-refractivity contribution in [3.05, 3.63) is 70.3 Å². The maximum absolute atomic E-state index is 12.4. The second-order valence-electron chi connectivity index (χ2n) is 6.41. The average Bonchev–Trinajstić information content (AvgIpc) is 3.13. The van der Waals surface area contributed by atoms with Gasteiger partial charge in [0.15, 0.2) is 5.17 Å². The van der Waals surface area contributed by atoms with Crippen LogP contribution in [0.25, 0.3) is 17.0 Å². The van der Waals surface area contributed by atoms with Crippen molar-refractivity contribution < 1.29 is 4.79 Å².